The number of ether oxygens (including phenoxy) is 3. The molecule has 2 rings (SSSR count). The Hall–Kier alpha value is -0.440. The van der Waals surface area contributed by atoms with Crippen LogP contribution < -0.4 is 0 Å². The summed E-state index contributed by atoms with van der Waals surface area (Å²) in [6.07, 6.45) is -15.6. The third-order valence-electron chi connectivity index (χ3n) is 3.97. The van der Waals surface area contributed by atoms with E-state index in [-0.39, 0.29) is 0 Å². The average molecular weight is 342 g/mol. The summed E-state index contributed by atoms with van der Waals surface area (Å²) in [6, 6.07) is 0. The first-order valence-corrected chi connectivity index (χ1v) is 7.08. The van der Waals surface area contributed by atoms with Crippen LogP contribution in [0, 0.1) is 0 Å². The summed E-state index contributed by atoms with van der Waals surface area (Å²) in [4.78, 5) is 0. The van der Waals surface area contributed by atoms with Crippen LogP contribution in [0.2, 0.25) is 0 Å². The lowest BCUT2D eigenvalue weighted by atomic mass is 9.98. The van der Waals surface area contributed by atoms with Crippen LogP contribution in [0.4, 0.5) is 0 Å². The third kappa shape index (κ3) is 3.65. The van der Waals surface area contributed by atoms with E-state index in [1.54, 1.807) is 0 Å². The molecule has 136 valence electrons. The highest BCUT2D eigenvalue weighted by Gasteiger charge is 2.49. The Morgan fingerprint density at radius 2 is 0.913 bits per heavy atom. The molecule has 11 heteroatoms. The molecule has 0 aliphatic carbocycles. The minimum absolute atomic E-state index is 0.667. The second kappa shape index (κ2) is 7.63. The van der Waals surface area contributed by atoms with Crippen LogP contribution in [0.15, 0.2) is 0 Å². The summed E-state index contributed by atoms with van der Waals surface area (Å²) in [6.45, 7) is -1.33. The number of hydrogen-bond acceptors (Lipinski definition) is 11. The summed E-state index contributed by atoms with van der Waals surface area (Å²) in [5.41, 5.74) is 0. The summed E-state index contributed by atoms with van der Waals surface area (Å²) in [7, 11) is 0. The summed E-state index contributed by atoms with van der Waals surface area (Å²) < 4.78 is 15.3. The van der Waals surface area contributed by atoms with E-state index in [0.29, 0.717) is 0 Å². The van der Waals surface area contributed by atoms with Crippen LogP contribution in [0.1, 0.15) is 0 Å². The van der Waals surface area contributed by atoms with Crippen molar-refractivity contribution >= 4 is 0 Å². The van der Waals surface area contributed by atoms with Gasteiger partial charge in [0.25, 0.3) is 0 Å². The second-order valence-corrected chi connectivity index (χ2v) is 5.53. The van der Waals surface area contributed by atoms with Gasteiger partial charge in [-0.1, -0.05) is 0 Å². The van der Waals surface area contributed by atoms with Crippen LogP contribution in [-0.4, -0.2) is 115 Å². The molecule has 0 unspecified atom stereocenters. The van der Waals surface area contributed by atoms with Gasteiger partial charge < -0.3 is 55.1 Å². The predicted molar refractivity (Wildman–Crippen MR) is 68.6 cm³/mol. The Morgan fingerprint density at radius 3 is 1.22 bits per heavy atom. The van der Waals surface area contributed by atoms with Crippen molar-refractivity contribution in [1.29, 1.82) is 0 Å². The first-order valence-electron chi connectivity index (χ1n) is 7.08. The van der Waals surface area contributed by atoms with E-state index in [2.05, 4.69) is 0 Å². The molecule has 8 N–H and O–H groups in total. The number of aliphatic hydroxyl groups is 8. The van der Waals surface area contributed by atoms with Crippen molar-refractivity contribution in [2.45, 2.75) is 61.4 Å². The minimum Gasteiger partial charge on any atom is -0.394 e. The normalized spacial score (nSPS) is 51.7. The van der Waals surface area contributed by atoms with Gasteiger partial charge in [0.1, 0.15) is 48.8 Å². The Kier molecular flexibility index (Phi) is 6.27. The average Bonchev–Trinajstić information content (AvgIpc) is 2.55. The fourth-order valence-corrected chi connectivity index (χ4v) is 2.49. The lowest BCUT2D eigenvalue weighted by Crippen LogP contribution is -2.63. The SMILES string of the molecule is OC[C@@H]1O[C@H](O[C@H]2O[C@@H](CO)[C@@H](O)[C@@H](O)[C@@H]2O)[C@@H](O)[C@H](O)[C@@H]1O. The molecule has 2 fully saturated rings. The predicted octanol–water partition coefficient (Wildman–Crippen LogP) is -5.40. The second-order valence-electron chi connectivity index (χ2n) is 5.53. The zero-order chi connectivity index (χ0) is 17.3. The van der Waals surface area contributed by atoms with Gasteiger partial charge in [0.05, 0.1) is 13.2 Å². The van der Waals surface area contributed by atoms with Crippen LogP contribution in [0.5, 0.6) is 0 Å². The van der Waals surface area contributed by atoms with Crippen molar-refractivity contribution in [1.82, 2.24) is 0 Å². The number of hydrogen-bond donors (Lipinski definition) is 8. The molecule has 0 aromatic heterocycles. The van der Waals surface area contributed by atoms with Crippen LogP contribution in [0.3, 0.4) is 0 Å². The van der Waals surface area contributed by atoms with Crippen molar-refractivity contribution in [2.75, 3.05) is 13.2 Å². The monoisotopic (exact) mass is 342 g/mol. The van der Waals surface area contributed by atoms with Gasteiger partial charge in [-0.15, -0.1) is 0 Å². The maximum absolute atomic E-state index is 9.84. The molecule has 11 nitrogen and oxygen atoms in total. The standard InChI is InChI=1S/C12H22O11/c13-1-3-5(15)7(17)9(19)11(21-3)23-12-10(20)8(18)6(16)4(2-14)22-12/h3-20H,1-2H2/t3-,4-,5+,6+,7+,8+,9-,10-,11+,12+/m0/s1. The zero-order valence-corrected chi connectivity index (χ0v) is 12.0. The van der Waals surface area contributed by atoms with Crippen LogP contribution >= 0.6 is 0 Å². The Bertz CT molecular complexity index is 344. The highest BCUT2D eigenvalue weighted by molar-refractivity contribution is 4.92. The molecule has 0 aromatic carbocycles. The number of rotatable bonds is 4. The van der Waals surface area contributed by atoms with Crippen LogP contribution in [0.25, 0.3) is 0 Å². The quantitative estimate of drug-likeness (QED) is 0.243. The molecule has 2 aliphatic rings. The van der Waals surface area contributed by atoms with E-state index in [4.69, 9.17) is 24.4 Å². The molecule has 0 amide bonds. The molecule has 0 aromatic rings. The summed E-state index contributed by atoms with van der Waals surface area (Å²) in [5, 5.41) is 76.4. The first-order chi connectivity index (χ1) is 10.8. The molecule has 0 bridgehead atoms. The van der Waals surface area contributed by atoms with Crippen molar-refractivity contribution in [3.63, 3.8) is 0 Å². The van der Waals surface area contributed by atoms with E-state index in [9.17, 15) is 30.6 Å². The molecule has 2 aliphatic heterocycles. The van der Waals surface area contributed by atoms with E-state index >= 15 is 0 Å². The maximum Gasteiger partial charge on any atom is 0.189 e. The van der Waals surface area contributed by atoms with Gasteiger partial charge in [0.2, 0.25) is 0 Å². The third-order valence-corrected chi connectivity index (χ3v) is 3.97. The van der Waals surface area contributed by atoms with Gasteiger partial charge in [0, 0.05) is 0 Å². The van der Waals surface area contributed by atoms with Gasteiger partial charge in [0.15, 0.2) is 12.6 Å². The van der Waals surface area contributed by atoms with E-state index in [0.717, 1.165) is 0 Å². The largest absolute Gasteiger partial charge is 0.394 e. The van der Waals surface area contributed by atoms with E-state index < -0.39 is 74.6 Å². The fourth-order valence-electron chi connectivity index (χ4n) is 2.49. The molecule has 0 radical (unpaired) electrons. The molecule has 0 spiro atoms. The van der Waals surface area contributed by atoms with Crippen molar-refractivity contribution in [2.24, 2.45) is 0 Å². The van der Waals surface area contributed by atoms with E-state index in [1.807, 2.05) is 0 Å². The molecule has 10 atom stereocenters. The fraction of sp³-hybridized carbons (Fsp3) is 1.00. The van der Waals surface area contributed by atoms with Crippen molar-refractivity contribution in [3.05, 3.63) is 0 Å². The zero-order valence-electron chi connectivity index (χ0n) is 12.0. The molecule has 2 saturated heterocycles. The first kappa shape index (κ1) is 18.9. The highest BCUT2D eigenvalue weighted by Crippen LogP contribution is 2.27. The molecular formula is C12H22O11. The van der Waals surface area contributed by atoms with Gasteiger partial charge in [-0.3, -0.25) is 0 Å². The Balaban J connectivity index is 2.07. The van der Waals surface area contributed by atoms with E-state index in [1.165, 1.54) is 0 Å². The minimum atomic E-state index is -1.72. The molecule has 23 heavy (non-hydrogen) atoms. The lowest BCUT2D eigenvalue weighted by Gasteiger charge is -2.44. The highest BCUT2D eigenvalue weighted by atomic mass is 16.8. The maximum atomic E-state index is 9.84. The van der Waals surface area contributed by atoms with Gasteiger partial charge >= 0.3 is 0 Å². The van der Waals surface area contributed by atoms with Gasteiger partial charge in [-0.25, -0.2) is 0 Å². The number of aliphatic hydroxyl groups excluding tert-OH is 8. The van der Waals surface area contributed by atoms with Gasteiger partial charge in [-0.2, -0.15) is 0 Å². The summed E-state index contributed by atoms with van der Waals surface area (Å²) >= 11 is 0. The Labute approximate surface area is 130 Å². The topological polar surface area (TPSA) is 190 Å². The Morgan fingerprint density at radius 1 is 0.565 bits per heavy atom. The van der Waals surface area contributed by atoms with Crippen molar-refractivity contribution in [3.8, 4) is 0 Å². The van der Waals surface area contributed by atoms with Crippen molar-refractivity contribution < 1.29 is 55.1 Å². The lowest BCUT2D eigenvalue weighted by molar-refractivity contribution is -0.376. The smallest absolute Gasteiger partial charge is 0.189 e. The summed E-state index contributed by atoms with van der Waals surface area (Å²) in [5.74, 6) is 0. The molecule has 2 heterocycles. The van der Waals surface area contributed by atoms with Crippen LogP contribution in [-0.2, 0) is 14.2 Å². The van der Waals surface area contributed by atoms with Gasteiger partial charge in [-0.05, 0) is 0 Å². The molecule has 0 saturated carbocycles. The molecular weight excluding hydrogens is 320 g/mol.